The van der Waals surface area contributed by atoms with Crippen molar-refractivity contribution >= 4 is 0 Å². The summed E-state index contributed by atoms with van der Waals surface area (Å²) in [5.74, 6) is 0.846. The lowest BCUT2D eigenvalue weighted by atomic mass is 9.82. The van der Waals surface area contributed by atoms with E-state index in [-0.39, 0.29) is 69.1 Å². The highest BCUT2D eigenvalue weighted by Crippen LogP contribution is 2.27. The maximum Gasteiger partial charge on any atom is 0.0592 e. The molecule has 0 bridgehead atoms. The molecule has 10 heteroatoms. The van der Waals surface area contributed by atoms with Crippen LogP contribution in [0, 0.1) is 28.6 Å². The first kappa shape index (κ1) is 57.9. The normalized spacial score (nSPS) is 14.3. The van der Waals surface area contributed by atoms with Crippen molar-refractivity contribution in [1.29, 1.82) is 0 Å². The Labute approximate surface area is 303 Å². The van der Waals surface area contributed by atoms with E-state index in [0.717, 1.165) is 64.2 Å². The second-order valence-corrected chi connectivity index (χ2v) is 15.7. The molecule has 0 heterocycles. The maximum atomic E-state index is 9.35. The van der Waals surface area contributed by atoms with E-state index in [1.165, 1.54) is 0 Å². The first-order valence-electron chi connectivity index (χ1n) is 19.0. The molecule has 0 radical (unpaired) electrons. The zero-order valence-electron chi connectivity index (χ0n) is 34.2. The van der Waals surface area contributed by atoms with Crippen molar-refractivity contribution in [3.05, 3.63) is 0 Å². The van der Waals surface area contributed by atoms with Gasteiger partial charge < -0.3 is 51.1 Å². The van der Waals surface area contributed by atoms with Crippen LogP contribution in [0.15, 0.2) is 0 Å². The average Bonchev–Trinajstić information content (AvgIpc) is 3.07. The summed E-state index contributed by atoms with van der Waals surface area (Å²) in [5, 5.41) is 89.4. The Bertz CT molecular complexity index is 592. The van der Waals surface area contributed by atoms with Gasteiger partial charge >= 0.3 is 0 Å². The molecular weight excluding hydrogens is 628 g/mol. The first-order chi connectivity index (χ1) is 22.6. The molecule has 0 aliphatic carbocycles. The quantitative estimate of drug-likeness (QED) is 0.0687. The molecule has 304 valence electrons. The van der Waals surface area contributed by atoms with Gasteiger partial charge in [0.2, 0.25) is 0 Å². The Kier molecular flexibility index (Phi) is 41.0. The fraction of sp³-hybridized carbons (Fsp3) is 1.00. The Morgan fingerprint density at radius 2 is 0.918 bits per heavy atom. The molecule has 0 aliphatic rings. The van der Waals surface area contributed by atoms with Gasteiger partial charge in [-0.3, -0.25) is 0 Å². The molecule has 0 rings (SSSR count). The Hall–Kier alpha value is -0.400. The van der Waals surface area contributed by atoms with Crippen LogP contribution < -0.4 is 0 Å². The van der Waals surface area contributed by atoms with Crippen molar-refractivity contribution in [2.45, 2.75) is 177 Å². The van der Waals surface area contributed by atoms with E-state index < -0.39 is 11.2 Å². The summed E-state index contributed by atoms with van der Waals surface area (Å²) in [7, 11) is 0. The van der Waals surface area contributed by atoms with E-state index in [0.29, 0.717) is 24.7 Å². The minimum absolute atomic E-state index is 0.0451. The summed E-state index contributed by atoms with van der Waals surface area (Å²) in [6.45, 7) is 23.8. The fourth-order valence-corrected chi connectivity index (χ4v) is 4.09. The fourth-order valence-electron chi connectivity index (χ4n) is 4.09. The molecule has 10 N–H and O–H groups in total. The number of hydrogen-bond acceptors (Lipinski definition) is 10. The molecule has 0 spiro atoms. The minimum Gasteiger partial charge on any atom is -0.396 e. The lowest BCUT2D eigenvalue weighted by Crippen LogP contribution is -2.28. The second-order valence-electron chi connectivity index (χ2n) is 15.7. The van der Waals surface area contributed by atoms with Gasteiger partial charge in [0.1, 0.15) is 0 Å². The van der Waals surface area contributed by atoms with Crippen LogP contribution in [0.1, 0.15) is 160 Å². The van der Waals surface area contributed by atoms with Crippen molar-refractivity contribution in [2.24, 2.45) is 28.6 Å². The highest BCUT2D eigenvalue weighted by Gasteiger charge is 2.25. The van der Waals surface area contributed by atoms with Crippen molar-refractivity contribution in [1.82, 2.24) is 0 Å². The summed E-state index contributed by atoms with van der Waals surface area (Å²) in [5.41, 5.74) is -1.82. The van der Waals surface area contributed by atoms with Crippen LogP contribution in [0.4, 0.5) is 0 Å². The summed E-state index contributed by atoms with van der Waals surface area (Å²) >= 11 is 0. The highest BCUT2D eigenvalue weighted by molar-refractivity contribution is 4.76. The van der Waals surface area contributed by atoms with Gasteiger partial charge in [0.15, 0.2) is 0 Å². The van der Waals surface area contributed by atoms with Crippen LogP contribution in [-0.4, -0.2) is 115 Å². The molecule has 10 nitrogen and oxygen atoms in total. The lowest BCUT2D eigenvalue weighted by Gasteiger charge is -2.27. The van der Waals surface area contributed by atoms with E-state index in [1.807, 2.05) is 20.8 Å². The summed E-state index contributed by atoms with van der Waals surface area (Å²) in [4.78, 5) is 0. The molecule has 0 aliphatic heterocycles. The van der Waals surface area contributed by atoms with Gasteiger partial charge in [-0.2, -0.15) is 0 Å². The van der Waals surface area contributed by atoms with Crippen LogP contribution in [0.25, 0.3) is 0 Å². The van der Waals surface area contributed by atoms with E-state index in [2.05, 4.69) is 20.8 Å². The molecule has 0 fully saturated rings. The SMILES string of the molecule is CC(C)(CO)CO.CC(C)(O)CCC(C)(C)O.CCC(CO)CC(CC)CO.CCCC(O)C(CC)CO.CCCCC(CC)(CO)CO. The smallest absolute Gasteiger partial charge is 0.0592 e. The maximum absolute atomic E-state index is 9.35. The van der Waals surface area contributed by atoms with E-state index in [9.17, 15) is 15.3 Å². The van der Waals surface area contributed by atoms with Gasteiger partial charge in [-0.25, -0.2) is 0 Å². The summed E-state index contributed by atoms with van der Waals surface area (Å²) < 4.78 is 0. The van der Waals surface area contributed by atoms with E-state index in [4.69, 9.17) is 35.7 Å². The predicted octanol–water partition coefficient (Wildman–Crippen LogP) is 5.44. The third-order valence-corrected chi connectivity index (χ3v) is 8.91. The van der Waals surface area contributed by atoms with E-state index in [1.54, 1.807) is 41.5 Å². The third-order valence-electron chi connectivity index (χ3n) is 8.91. The molecule has 0 aromatic carbocycles. The number of aliphatic hydroxyl groups is 10. The number of hydrogen-bond donors (Lipinski definition) is 10. The highest BCUT2D eigenvalue weighted by atomic mass is 16.3. The first-order valence-corrected chi connectivity index (χ1v) is 19.0. The molecule has 0 aromatic heterocycles. The Morgan fingerprint density at radius 3 is 1.10 bits per heavy atom. The lowest BCUT2D eigenvalue weighted by molar-refractivity contribution is 0.0169. The zero-order valence-corrected chi connectivity index (χ0v) is 34.2. The van der Waals surface area contributed by atoms with Gasteiger partial charge in [-0.1, -0.05) is 87.5 Å². The summed E-state index contributed by atoms with van der Waals surface area (Å²) in [6.07, 6.45) is 10.6. The van der Waals surface area contributed by atoms with Crippen molar-refractivity contribution in [3.63, 3.8) is 0 Å². The van der Waals surface area contributed by atoms with E-state index >= 15 is 0 Å². The molecule has 0 aromatic rings. The number of unbranched alkanes of at least 4 members (excludes halogenated alkanes) is 1. The Balaban J connectivity index is -0.000000166. The van der Waals surface area contributed by atoms with Crippen LogP contribution >= 0.6 is 0 Å². The summed E-state index contributed by atoms with van der Waals surface area (Å²) in [6, 6.07) is 0. The van der Waals surface area contributed by atoms with Crippen LogP contribution in [-0.2, 0) is 0 Å². The topological polar surface area (TPSA) is 202 Å². The molecular formula is C39H88O10. The van der Waals surface area contributed by atoms with Crippen molar-refractivity contribution in [2.75, 3.05) is 46.2 Å². The zero-order chi connectivity index (χ0) is 39.7. The Morgan fingerprint density at radius 1 is 0.510 bits per heavy atom. The number of aliphatic hydroxyl groups excluding tert-OH is 8. The molecule has 4 unspecified atom stereocenters. The number of rotatable bonds is 22. The largest absolute Gasteiger partial charge is 0.396 e. The van der Waals surface area contributed by atoms with Gasteiger partial charge in [-0.15, -0.1) is 0 Å². The molecule has 4 atom stereocenters. The molecule has 0 saturated heterocycles. The van der Waals surface area contributed by atoms with Crippen LogP contribution in [0.5, 0.6) is 0 Å². The molecule has 49 heavy (non-hydrogen) atoms. The molecule has 0 amide bonds. The predicted molar refractivity (Wildman–Crippen MR) is 204 cm³/mol. The average molecular weight is 717 g/mol. The van der Waals surface area contributed by atoms with Crippen molar-refractivity contribution in [3.8, 4) is 0 Å². The van der Waals surface area contributed by atoms with Gasteiger partial charge in [-0.05, 0) is 84.5 Å². The second kappa shape index (κ2) is 34.7. The van der Waals surface area contributed by atoms with Crippen LogP contribution in [0.3, 0.4) is 0 Å². The third kappa shape index (κ3) is 40.2. The minimum atomic E-state index is -0.653. The monoisotopic (exact) mass is 717 g/mol. The van der Waals surface area contributed by atoms with Gasteiger partial charge in [0.25, 0.3) is 0 Å². The van der Waals surface area contributed by atoms with Gasteiger partial charge in [0.05, 0.1) is 43.7 Å². The van der Waals surface area contributed by atoms with Crippen molar-refractivity contribution < 1.29 is 51.1 Å². The van der Waals surface area contributed by atoms with Crippen LogP contribution in [0.2, 0.25) is 0 Å². The molecule has 0 saturated carbocycles. The standard InChI is InChI=1S/2C9H20O2.2C8H18O2.C5H12O2/c1-3-8(6-10)5-9(4-2)7-11;1-3-5-6-9(4-2,7-10)8-11;1-7(2,9)5-6-8(3,4)10;1-3-5-8(10)7(4-2)6-9;1-5(2,3-6)4-7/h8-11H,3-7H2,1-2H3;10-11H,3-8H2,1-2H3;9-10H,5-6H2,1-4H3;7-10H,3-6H2,1-2H3;6-7H,3-4H2,1-2H3. The van der Waals surface area contributed by atoms with Gasteiger partial charge in [0, 0.05) is 36.6 Å².